The lowest BCUT2D eigenvalue weighted by Gasteiger charge is -2.16. The summed E-state index contributed by atoms with van der Waals surface area (Å²) in [6, 6.07) is 6.19. The second kappa shape index (κ2) is 7.52. The Morgan fingerprint density at radius 1 is 1.27 bits per heavy atom. The predicted octanol–water partition coefficient (Wildman–Crippen LogP) is 0.653. The van der Waals surface area contributed by atoms with Gasteiger partial charge >= 0.3 is 12.0 Å². The molecule has 0 aromatic heterocycles. The molecule has 2 saturated heterocycles. The highest BCUT2D eigenvalue weighted by molar-refractivity contribution is 6.04. The fourth-order valence-electron chi connectivity index (χ4n) is 3.19. The monoisotopic (exact) mass is 361 g/mol. The van der Waals surface area contributed by atoms with Gasteiger partial charge in [-0.3, -0.25) is 14.5 Å². The molecule has 9 nitrogen and oxygen atoms in total. The fraction of sp³-hybridized carbons (Fsp3) is 0.412. The number of carbonyl (C=O) groups is 4. The number of anilines is 1. The van der Waals surface area contributed by atoms with Crippen molar-refractivity contribution in [3.8, 4) is 0 Å². The molecule has 0 aliphatic carbocycles. The van der Waals surface area contributed by atoms with E-state index in [0.717, 1.165) is 6.42 Å². The minimum Gasteiger partial charge on any atom is -0.480 e. The lowest BCUT2D eigenvalue weighted by molar-refractivity contribution is -0.143. The first-order chi connectivity index (χ1) is 12.5. The van der Waals surface area contributed by atoms with Gasteiger partial charge in [0.05, 0.1) is 6.54 Å². The molecule has 2 aliphatic heterocycles. The van der Waals surface area contributed by atoms with Gasteiger partial charge in [0, 0.05) is 12.2 Å². The van der Waals surface area contributed by atoms with Crippen LogP contribution in [0.3, 0.4) is 0 Å². The molecular weight excluding hydrogens is 342 g/mol. The molecule has 2 N–H and O–H groups in total. The van der Waals surface area contributed by atoms with Crippen molar-refractivity contribution in [3.05, 3.63) is 29.8 Å². The Bertz CT molecular complexity index is 728. The van der Waals surface area contributed by atoms with Gasteiger partial charge in [-0.15, -0.1) is 0 Å². The van der Waals surface area contributed by atoms with Crippen LogP contribution in [-0.2, 0) is 25.7 Å². The lowest BCUT2D eigenvalue weighted by atomic mass is 10.1. The third-order valence-corrected chi connectivity index (χ3v) is 4.29. The zero-order valence-corrected chi connectivity index (χ0v) is 14.0. The number of imide groups is 1. The van der Waals surface area contributed by atoms with Crippen LogP contribution in [-0.4, -0.2) is 64.5 Å². The van der Waals surface area contributed by atoms with E-state index in [1.807, 2.05) is 0 Å². The van der Waals surface area contributed by atoms with E-state index in [9.17, 15) is 19.2 Å². The molecule has 0 spiro atoms. The van der Waals surface area contributed by atoms with Gasteiger partial charge in [-0.25, -0.2) is 9.59 Å². The standard InChI is InChI=1S/C17H19N3O6/c21-14(9-26-10-15(22)23)18-12-4-1-3-11(7-12)8-20-16(24)13-5-2-6-19(13)17(20)25/h1,3-4,7,13H,2,5-6,8-10H2,(H,18,21)(H,22,23). The van der Waals surface area contributed by atoms with Gasteiger partial charge in [0.15, 0.2) is 0 Å². The molecule has 1 atom stereocenters. The number of nitrogens with zero attached hydrogens (tertiary/aromatic N) is 2. The normalized spacial score (nSPS) is 19.0. The maximum atomic E-state index is 12.4. The molecule has 9 heteroatoms. The molecular formula is C17H19N3O6. The Hall–Kier alpha value is -2.94. The van der Waals surface area contributed by atoms with Crippen LogP contribution in [0.2, 0.25) is 0 Å². The summed E-state index contributed by atoms with van der Waals surface area (Å²) in [7, 11) is 0. The average molecular weight is 361 g/mol. The summed E-state index contributed by atoms with van der Waals surface area (Å²) >= 11 is 0. The first kappa shape index (κ1) is 17.9. The van der Waals surface area contributed by atoms with Crippen molar-refractivity contribution < 1.29 is 29.0 Å². The molecule has 1 unspecified atom stereocenters. The maximum absolute atomic E-state index is 12.4. The van der Waals surface area contributed by atoms with Crippen molar-refractivity contribution in [2.75, 3.05) is 25.1 Å². The van der Waals surface area contributed by atoms with Crippen LogP contribution >= 0.6 is 0 Å². The zero-order chi connectivity index (χ0) is 18.7. The third kappa shape index (κ3) is 3.83. The summed E-state index contributed by atoms with van der Waals surface area (Å²) in [5.74, 6) is -1.82. The Morgan fingerprint density at radius 2 is 2.08 bits per heavy atom. The third-order valence-electron chi connectivity index (χ3n) is 4.29. The van der Waals surface area contributed by atoms with E-state index in [1.54, 1.807) is 29.2 Å². The smallest absolute Gasteiger partial charge is 0.329 e. The Balaban J connectivity index is 1.59. The molecule has 2 heterocycles. The van der Waals surface area contributed by atoms with Crippen molar-refractivity contribution in [1.29, 1.82) is 0 Å². The summed E-state index contributed by atoms with van der Waals surface area (Å²) in [6.07, 6.45) is 1.55. The van der Waals surface area contributed by atoms with E-state index >= 15 is 0 Å². The molecule has 0 radical (unpaired) electrons. The molecule has 1 aromatic rings. The summed E-state index contributed by atoms with van der Waals surface area (Å²) in [4.78, 5) is 49.6. The number of rotatable bonds is 7. The second-order valence-electron chi connectivity index (χ2n) is 6.19. The van der Waals surface area contributed by atoms with E-state index in [-0.39, 0.29) is 31.1 Å². The first-order valence-electron chi connectivity index (χ1n) is 8.26. The molecule has 0 bridgehead atoms. The number of benzene rings is 1. The second-order valence-corrected chi connectivity index (χ2v) is 6.19. The van der Waals surface area contributed by atoms with Crippen LogP contribution in [0.1, 0.15) is 18.4 Å². The van der Waals surface area contributed by atoms with Crippen molar-refractivity contribution >= 4 is 29.5 Å². The Labute approximate surface area is 149 Å². The minimum absolute atomic E-state index is 0.143. The number of hydrogen-bond donors (Lipinski definition) is 2. The molecule has 2 aliphatic rings. The van der Waals surface area contributed by atoms with Crippen LogP contribution in [0.4, 0.5) is 10.5 Å². The number of ether oxygens (including phenoxy) is 1. The van der Waals surface area contributed by atoms with Crippen LogP contribution in [0.5, 0.6) is 0 Å². The van der Waals surface area contributed by atoms with Crippen molar-refractivity contribution in [2.45, 2.75) is 25.4 Å². The number of carboxylic acids is 1. The Kier molecular flexibility index (Phi) is 5.17. The molecule has 138 valence electrons. The summed E-state index contributed by atoms with van der Waals surface area (Å²) in [5.41, 5.74) is 1.18. The van der Waals surface area contributed by atoms with Gasteiger partial charge in [0.25, 0.3) is 5.91 Å². The number of aliphatic carboxylic acids is 1. The van der Waals surface area contributed by atoms with Crippen LogP contribution in [0, 0.1) is 0 Å². The number of nitrogens with one attached hydrogen (secondary N) is 1. The summed E-state index contributed by atoms with van der Waals surface area (Å²) < 4.78 is 4.72. The van der Waals surface area contributed by atoms with E-state index in [1.165, 1.54) is 4.90 Å². The molecule has 26 heavy (non-hydrogen) atoms. The molecule has 3 rings (SSSR count). The highest BCUT2D eigenvalue weighted by Crippen LogP contribution is 2.28. The zero-order valence-electron chi connectivity index (χ0n) is 14.0. The van der Waals surface area contributed by atoms with Gasteiger partial charge in [0.1, 0.15) is 19.3 Å². The lowest BCUT2D eigenvalue weighted by Crippen LogP contribution is -2.32. The van der Waals surface area contributed by atoms with Crippen LogP contribution in [0.15, 0.2) is 24.3 Å². The number of hydrogen-bond acceptors (Lipinski definition) is 5. The largest absolute Gasteiger partial charge is 0.480 e. The van der Waals surface area contributed by atoms with Crippen molar-refractivity contribution in [1.82, 2.24) is 9.80 Å². The number of urea groups is 1. The number of carboxylic acid groups (broad SMARTS) is 1. The van der Waals surface area contributed by atoms with E-state index in [4.69, 9.17) is 9.84 Å². The van der Waals surface area contributed by atoms with Gasteiger partial charge in [-0.1, -0.05) is 12.1 Å². The van der Waals surface area contributed by atoms with Crippen LogP contribution in [0.25, 0.3) is 0 Å². The SMILES string of the molecule is O=C(O)COCC(=O)Nc1cccc(CN2C(=O)C3CCCN3C2=O)c1. The van der Waals surface area contributed by atoms with Gasteiger partial charge < -0.3 is 20.1 Å². The van der Waals surface area contributed by atoms with Crippen molar-refractivity contribution in [3.63, 3.8) is 0 Å². The number of carbonyl (C=O) groups excluding carboxylic acids is 3. The number of amides is 4. The van der Waals surface area contributed by atoms with Gasteiger partial charge in [-0.05, 0) is 30.5 Å². The molecule has 1 aromatic carbocycles. The van der Waals surface area contributed by atoms with E-state index < -0.39 is 18.5 Å². The van der Waals surface area contributed by atoms with Crippen LogP contribution < -0.4 is 5.32 Å². The fourth-order valence-corrected chi connectivity index (χ4v) is 3.19. The quantitative estimate of drug-likeness (QED) is 0.689. The summed E-state index contributed by atoms with van der Waals surface area (Å²) in [6.45, 7) is -0.178. The van der Waals surface area contributed by atoms with E-state index in [2.05, 4.69) is 5.32 Å². The molecule has 0 saturated carbocycles. The Morgan fingerprint density at radius 3 is 2.81 bits per heavy atom. The van der Waals surface area contributed by atoms with E-state index in [0.29, 0.717) is 24.2 Å². The summed E-state index contributed by atoms with van der Waals surface area (Å²) in [5, 5.41) is 11.1. The minimum atomic E-state index is -1.15. The maximum Gasteiger partial charge on any atom is 0.329 e. The topological polar surface area (TPSA) is 116 Å². The van der Waals surface area contributed by atoms with Gasteiger partial charge in [0.2, 0.25) is 5.91 Å². The highest BCUT2D eigenvalue weighted by atomic mass is 16.5. The van der Waals surface area contributed by atoms with Crippen molar-refractivity contribution in [2.24, 2.45) is 0 Å². The number of fused-ring (bicyclic) bond motifs is 1. The first-order valence-corrected chi connectivity index (χ1v) is 8.26. The van der Waals surface area contributed by atoms with Gasteiger partial charge in [-0.2, -0.15) is 0 Å². The molecule has 2 fully saturated rings. The predicted molar refractivity (Wildman–Crippen MR) is 89.2 cm³/mol. The highest BCUT2D eigenvalue weighted by Gasteiger charge is 2.47. The molecule has 4 amide bonds. The average Bonchev–Trinajstić information content (AvgIpc) is 3.15.